The molecule has 0 amide bonds. The van der Waals surface area contributed by atoms with E-state index >= 15 is 0 Å². The lowest BCUT2D eigenvalue weighted by molar-refractivity contribution is -0.114. The van der Waals surface area contributed by atoms with Crippen molar-refractivity contribution in [1.29, 1.82) is 0 Å². The Labute approximate surface area is 61.3 Å². The average Bonchev–Trinajstić information content (AvgIpc) is 2.34. The normalized spacial score (nSPS) is 12.9. The average molecular weight is 158 g/mol. The van der Waals surface area contributed by atoms with E-state index in [0.29, 0.717) is 16.3 Å². The number of carbonyl (C=O) groups is 1. The van der Waals surface area contributed by atoms with Gasteiger partial charge >= 0.3 is 0 Å². The van der Waals surface area contributed by atoms with Crippen LogP contribution >= 0.6 is 11.3 Å². The van der Waals surface area contributed by atoms with Gasteiger partial charge in [0, 0.05) is 6.20 Å². The summed E-state index contributed by atoms with van der Waals surface area (Å²) in [6.07, 6.45) is 0.751. The molecule has 1 rings (SSSR count). The summed E-state index contributed by atoms with van der Waals surface area (Å²) in [6.45, 7) is 0. The van der Waals surface area contributed by atoms with Crippen LogP contribution in [0.1, 0.15) is 11.0 Å². The summed E-state index contributed by atoms with van der Waals surface area (Å²) in [6, 6.07) is 0. The smallest absolute Gasteiger partial charge is 0.180 e. The van der Waals surface area contributed by atoms with Gasteiger partial charge in [-0.15, -0.1) is 0 Å². The predicted octanol–water partition coefficient (Wildman–Crippen LogP) is -0.0424. The molecule has 3 N–H and O–H groups in total. The molecule has 0 spiro atoms. The van der Waals surface area contributed by atoms with Crippen molar-refractivity contribution in [3.63, 3.8) is 0 Å². The summed E-state index contributed by atoms with van der Waals surface area (Å²) in [5.41, 5.74) is 5.25. The highest BCUT2D eigenvalue weighted by molar-refractivity contribution is 7.15. The molecule has 0 aliphatic rings. The van der Waals surface area contributed by atoms with E-state index in [1.165, 1.54) is 6.20 Å². The number of thiazole rings is 1. The fourth-order valence-corrected chi connectivity index (χ4v) is 1.13. The fourth-order valence-electron chi connectivity index (χ4n) is 0.504. The molecule has 10 heavy (non-hydrogen) atoms. The van der Waals surface area contributed by atoms with E-state index in [1.807, 2.05) is 0 Å². The number of nitrogens with zero attached hydrogens (tertiary/aromatic N) is 1. The van der Waals surface area contributed by atoms with Crippen LogP contribution in [-0.2, 0) is 4.79 Å². The Hall–Kier alpha value is -0.940. The molecule has 1 atom stereocenters. The Bertz CT molecular complexity index is 235. The maximum absolute atomic E-state index is 10.0. The van der Waals surface area contributed by atoms with Crippen molar-refractivity contribution in [2.45, 2.75) is 6.10 Å². The second-order valence-electron chi connectivity index (χ2n) is 1.68. The van der Waals surface area contributed by atoms with Gasteiger partial charge in [-0.05, 0) is 0 Å². The van der Waals surface area contributed by atoms with Gasteiger partial charge in [-0.2, -0.15) is 0 Å². The molecule has 0 aliphatic heterocycles. The van der Waals surface area contributed by atoms with Gasteiger partial charge in [0.25, 0.3) is 0 Å². The molecular formula is C5H6N2O2S. The molecule has 0 bridgehead atoms. The van der Waals surface area contributed by atoms with Crippen molar-refractivity contribution in [3.05, 3.63) is 11.1 Å². The van der Waals surface area contributed by atoms with Crippen LogP contribution in [0, 0.1) is 0 Å². The number of aldehydes is 1. The molecule has 4 nitrogen and oxygen atoms in total. The van der Waals surface area contributed by atoms with E-state index in [0.717, 1.165) is 11.3 Å². The molecule has 0 saturated carbocycles. The lowest BCUT2D eigenvalue weighted by Gasteiger charge is -1.93. The van der Waals surface area contributed by atoms with Gasteiger partial charge in [0.2, 0.25) is 0 Å². The minimum atomic E-state index is -1.07. The molecule has 0 aromatic carbocycles. The van der Waals surface area contributed by atoms with Crippen LogP contribution in [0.3, 0.4) is 0 Å². The van der Waals surface area contributed by atoms with Gasteiger partial charge in [0.05, 0.1) is 4.88 Å². The molecular weight excluding hydrogens is 152 g/mol. The molecule has 1 aromatic heterocycles. The first-order chi connectivity index (χ1) is 4.74. The van der Waals surface area contributed by atoms with Crippen molar-refractivity contribution in [2.75, 3.05) is 5.73 Å². The number of nitrogen functional groups attached to an aromatic ring is 1. The lowest BCUT2D eigenvalue weighted by Crippen LogP contribution is -1.93. The highest BCUT2D eigenvalue weighted by atomic mass is 32.1. The number of rotatable bonds is 2. The Morgan fingerprint density at radius 2 is 2.60 bits per heavy atom. The van der Waals surface area contributed by atoms with E-state index in [1.54, 1.807) is 0 Å². The zero-order chi connectivity index (χ0) is 7.56. The van der Waals surface area contributed by atoms with Crippen LogP contribution < -0.4 is 5.73 Å². The standard InChI is InChI=1S/C5H6N2O2S/c6-5-7-1-4(10-5)3(9)2-8/h1-3,9H,(H2,6,7). The molecule has 0 radical (unpaired) electrons. The highest BCUT2D eigenvalue weighted by Crippen LogP contribution is 2.20. The number of aromatic nitrogens is 1. The summed E-state index contributed by atoms with van der Waals surface area (Å²) >= 11 is 1.11. The zero-order valence-corrected chi connectivity index (χ0v) is 5.84. The summed E-state index contributed by atoms with van der Waals surface area (Å²) < 4.78 is 0. The first-order valence-electron chi connectivity index (χ1n) is 2.58. The quantitative estimate of drug-likeness (QED) is 0.592. The number of hydrogen-bond donors (Lipinski definition) is 2. The van der Waals surface area contributed by atoms with Gasteiger partial charge in [-0.3, -0.25) is 0 Å². The molecule has 1 aromatic rings. The number of nitrogens with two attached hydrogens (primary N) is 1. The monoisotopic (exact) mass is 158 g/mol. The maximum atomic E-state index is 10.0. The Morgan fingerprint density at radius 1 is 1.90 bits per heavy atom. The topological polar surface area (TPSA) is 76.2 Å². The van der Waals surface area contributed by atoms with Crippen LogP contribution in [0.2, 0.25) is 0 Å². The minimum absolute atomic E-state index is 0.357. The van der Waals surface area contributed by atoms with Crippen LogP contribution in [0.5, 0.6) is 0 Å². The Kier molecular flexibility index (Phi) is 1.98. The van der Waals surface area contributed by atoms with E-state index in [2.05, 4.69) is 4.98 Å². The third kappa shape index (κ3) is 1.31. The SMILES string of the molecule is Nc1ncc(C(O)C=O)s1. The molecule has 5 heteroatoms. The van der Waals surface area contributed by atoms with Crippen LogP contribution in [0.25, 0.3) is 0 Å². The van der Waals surface area contributed by atoms with Crippen LogP contribution in [-0.4, -0.2) is 16.4 Å². The predicted molar refractivity (Wildman–Crippen MR) is 37.6 cm³/mol. The number of aliphatic hydroxyl groups excluding tert-OH is 1. The third-order valence-electron chi connectivity index (χ3n) is 0.962. The van der Waals surface area contributed by atoms with Crippen LogP contribution in [0.4, 0.5) is 5.13 Å². The largest absolute Gasteiger partial charge is 0.380 e. The minimum Gasteiger partial charge on any atom is -0.380 e. The lowest BCUT2D eigenvalue weighted by atomic mass is 10.3. The third-order valence-corrected chi connectivity index (χ3v) is 1.86. The van der Waals surface area contributed by atoms with Crippen molar-refractivity contribution in [1.82, 2.24) is 4.98 Å². The van der Waals surface area contributed by atoms with Gasteiger partial charge in [0.1, 0.15) is 6.10 Å². The first-order valence-corrected chi connectivity index (χ1v) is 3.40. The van der Waals surface area contributed by atoms with Crippen LogP contribution in [0.15, 0.2) is 6.20 Å². The molecule has 1 heterocycles. The molecule has 0 fully saturated rings. The molecule has 1 unspecified atom stereocenters. The highest BCUT2D eigenvalue weighted by Gasteiger charge is 2.07. The van der Waals surface area contributed by atoms with Gasteiger partial charge in [-0.1, -0.05) is 11.3 Å². The maximum Gasteiger partial charge on any atom is 0.180 e. The van der Waals surface area contributed by atoms with E-state index in [-0.39, 0.29) is 0 Å². The summed E-state index contributed by atoms with van der Waals surface area (Å²) in [5, 5.41) is 9.25. The summed E-state index contributed by atoms with van der Waals surface area (Å²) in [4.78, 5) is 14.1. The summed E-state index contributed by atoms with van der Waals surface area (Å²) in [5.74, 6) is 0. The Balaban J connectivity index is 2.84. The number of aliphatic hydroxyl groups is 1. The second kappa shape index (κ2) is 2.76. The zero-order valence-electron chi connectivity index (χ0n) is 5.02. The molecule has 54 valence electrons. The second-order valence-corrected chi connectivity index (χ2v) is 2.78. The number of anilines is 1. The fraction of sp³-hybridized carbons (Fsp3) is 0.200. The van der Waals surface area contributed by atoms with Crippen molar-refractivity contribution in [2.24, 2.45) is 0 Å². The van der Waals surface area contributed by atoms with Gasteiger partial charge in [-0.25, -0.2) is 4.98 Å². The van der Waals surface area contributed by atoms with Gasteiger partial charge < -0.3 is 15.6 Å². The number of hydrogen-bond acceptors (Lipinski definition) is 5. The van der Waals surface area contributed by atoms with Crippen molar-refractivity contribution in [3.8, 4) is 0 Å². The first kappa shape index (κ1) is 7.17. The molecule has 0 aliphatic carbocycles. The molecule has 0 saturated heterocycles. The summed E-state index contributed by atoms with van der Waals surface area (Å²) in [7, 11) is 0. The van der Waals surface area contributed by atoms with Crippen molar-refractivity contribution >= 4 is 22.8 Å². The Morgan fingerprint density at radius 3 is 3.00 bits per heavy atom. The van der Waals surface area contributed by atoms with Gasteiger partial charge in [0.15, 0.2) is 11.4 Å². The van der Waals surface area contributed by atoms with E-state index < -0.39 is 6.10 Å². The van der Waals surface area contributed by atoms with Crippen molar-refractivity contribution < 1.29 is 9.90 Å². The van der Waals surface area contributed by atoms with E-state index in [4.69, 9.17) is 10.8 Å². The van der Waals surface area contributed by atoms with E-state index in [9.17, 15) is 4.79 Å². The number of carbonyl (C=O) groups excluding carboxylic acids is 1.